The van der Waals surface area contributed by atoms with Crippen molar-refractivity contribution in [1.82, 2.24) is 5.32 Å². The second-order valence-electron chi connectivity index (χ2n) is 5.50. The normalized spacial score (nSPS) is 16.8. The molecule has 0 bridgehead atoms. The van der Waals surface area contributed by atoms with Crippen molar-refractivity contribution >= 4 is 24.0 Å². The number of nitrogens with one attached hydrogen (secondary N) is 2. The molecule has 2 N–H and O–H groups in total. The number of halogens is 2. The Balaban J connectivity index is 0.00000161. The van der Waals surface area contributed by atoms with Crippen molar-refractivity contribution in [3.63, 3.8) is 0 Å². The van der Waals surface area contributed by atoms with Gasteiger partial charge < -0.3 is 15.4 Å². The monoisotopic (exact) mass is 314 g/mol. The molecule has 21 heavy (non-hydrogen) atoms. The summed E-state index contributed by atoms with van der Waals surface area (Å²) < 4.78 is 19.6. The van der Waals surface area contributed by atoms with Crippen molar-refractivity contribution in [3.8, 4) is 0 Å². The fourth-order valence-corrected chi connectivity index (χ4v) is 2.42. The van der Waals surface area contributed by atoms with Crippen LogP contribution in [0.3, 0.4) is 0 Å². The average molecular weight is 315 g/mol. The van der Waals surface area contributed by atoms with E-state index in [1.54, 1.807) is 6.07 Å². The van der Waals surface area contributed by atoms with Crippen LogP contribution < -0.4 is 10.6 Å². The van der Waals surface area contributed by atoms with E-state index >= 15 is 0 Å². The van der Waals surface area contributed by atoms with Gasteiger partial charge in [-0.3, -0.25) is 4.79 Å². The van der Waals surface area contributed by atoms with Crippen LogP contribution in [0.5, 0.6) is 0 Å². The van der Waals surface area contributed by atoms with Gasteiger partial charge in [0.25, 0.3) is 0 Å². The molecule has 116 valence electrons. The van der Waals surface area contributed by atoms with Crippen molar-refractivity contribution < 1.29 is 13.9 Å². The highest BCUT2D eigenvalue weighted by molar-refractivity contribution is 5.92. The van der Waals surface area contributed by atoms with Crippen LogP contribution in [0, 0.1) is 11.7 Å². The highest BCUT2D eigenvalue weighted by Gasteiger charge is 2.22. The summed E-state index contributed by atoms with van der Waals surface area (Å²) >= 11 is 0. The van der Waals surface area contributed by atoms with Crippen LogP contribution in [0.15, 0.2) is 12.1 Å². The molecular weight excluding hydrogens is 295 g/mol. The Hall–Kier alpha value is -1.17. The zero-order chi connectivity index (χ0) is 13.9. The van der Waals surface area contributed by atoms with E-state index in [0.717, 1.165) is 12.1 Å². The third-order valence-corrected chi connectivity index (χ3v) is 3.77. The molecular formula is C15H20ClFN2O2. The van der Waals surface area contributed by atoms with Crippen LogP contribution in [-0.2, 0) is 22.5 Å². The van der Waals surface area contributed by atoms with Crippen LogP contribution in [0.25, 0.3) is 0 Å². The number of ether oxygens (including phenoxy) is 1. The smallest absolute Gasteiger partial charge is 0.250 e. The van der Waals surface area contributed by atoms with E-state index in [4.69, 9.17) is 4.74 Å². The highest BCUT2D eigenvalue weighted by Crippen LogP contribution is 2.28. The first-order chi connectivity index (χ1) is 9.74. The number of benzene rings is 1. The van der Waals surface area contributed by atoms with Gasteiger partial charge in [-0.25, -0.2) is 4.39 Å². The van der Waals surface area contributed by atoms with E-state index in [-0.39, 0.29) is 36.4 Å². The third-order valence-electron chi connectivity index (χ3n) is 3.77. The molecule has 3 rings (SSSR count). The zero-order valence-electron chi connectivity index (χ0n) is 11.8. The summed E-state index contributed by atoms with van der Waals surface area (Å²) in [7, 11) is 0. The maximum absolute atomic E-state index is 14.3. The number of carbonyl (C=O) groups excluding carboxylic acids is 1. The Kier molecular flexibility index (Phi) is 5.56. The number of rotatable bonds is 5. The van der Waals surface area contributed by atoms with E-state index in [9.17, 15) is 9.18 Å². The minimum absolute atomic E-state index is 0. The summed E-state index contributed by atoms with van der Waals surface area (Å²) in [6.07, 6.45) is 3.03. The summed E-state index contributed by atoms with van der Waals surface area (Å²) in [5, 5.41) is 5.79. The lowest BCUT2D eigenvalue weighted by molar-refractivity contribution is -0.120. The fourth-order valence-electron chi connectivity index (χ4n) is 2.42. The molecule has 4 nitrogen and oxygen atoms in total. The molecule has 0 unspecified atom stereocenters. The first-order valence-corrected chi connectivity index (χ1v) is 7.12. The van der Waals surface area contributed by atoms with Gasteiger partial charge >= 0.3 is 0 Å². The van der Waals surface area contributed by atoms with Gasteiger partial charge in [0.2, 0.25) is 5.91 Å². The number of fused-ring (bicyclic) bond motifs is 1. The standard InChI is InChI=1S/C15H19FN2O2.ClH/c16-15-12-5-6-17-7-11(12)3-4-13(15)18-14(19)9-20-8-10-1-2-10;/h3-4,10,17H,1-2,5-9H2,(H,18,19);1H. The molecule has 1 heterocycles. The highest BCUT2D eigenvalue weighted by atomic mass is 35.5. The molecule has 0 radical (unpaired) electrons. The molecule has 0 saturated heterocycles. The van der Waals surface area contributed by atoms with Crippen LogP contribution in [0.1, 0.15) is 24.0 Å². The maximum Gasteiger partial charge on any atom is 0.250 e. The van der Waals surface area contributed by atoms with Crippen molar-refractivity contribution in [2.75, 3.05) is 25.1 Å². The topological polar surface area (TPSA) is 50.4 Å². The molecule has 1 aromatic rings. The summed E-state index contributed by atoms with van der Waals surface area (Å²) in [6.45, 7) is 2.08. The summed E-state index contributed by atoms with van der Waals surface area (Å²) in [5.74, 6) is 0.0220. The van der Waals surface area contributed by atoms with Crippen molar-refractivity contribution in [3.05, 3.63) is 29.1 Å². The van der Waals surface area contributed by atoms with Gasteiger partial charge in [-0.1, -0.05) is 6.07 Å². The Bertz CT molecular complexity index is 521. The second kappa shape index (κ2) is 7.20. The number of anilines is 1. The number of hydrogen-bond donors (Lipinski definition) is 2. The minimum atomic E-state index is -0.306. The van der Waals surface area contributed by atoms with Crippen LogP contribution in [-0.4, -0.2) is 25.7 Å². The van der Waals surface area contributed by atoms with Gasteiger partial charge in [0.05, 0.1) is 12.3 Å². The van der Waals surface area contributed by atoms with Crippen LogP contribution in [0.2, 0.25) is 0 Å². The molecule has 1 fully saturated rings. The number of carbonyl (C=O) groups is 1. The van der Waals surface area contributed by atoms with Gasteiger partial charge in [-0.15, -0.1) is 12.4 Å². The largest absolute Gasteiger partial charge is 0.371 e. The van der Waals surface area contributed by atoms with E-state index in [1.807, 2.05) is 6.07 Å². The molecule has 0 aromatic heterocycles. The Labute approximate surface area is 129 Å². The zero-order valence-corrected chi connectivity index (χ0v) is 12.6. The van der Waals surface area contributed by atoms with Gasteiger partial charge in [0, 0.05) is 6.54 Å². The number of hydrogen-bond acceptors (Lipinski definition) is 3. The minimum Gasteiger partial charge on any atom is -0.371 e. The predicted octanol–water partition coefficient (Wildman–Crippen LogP) is 2.26. The molecule has 0 spiro atoms. The van der Waals surface area contributed by atoms with E-state index < -0.39 is 0 Å². The Morgan fingerprint density at radius 2 is 2.24 bits per heavy atom. The number of amides is 1. The molecule has 1 saturated carbocycles. The maximum atomic E-state index is 14.3. The quantitative estimate of drug-likeness (QED) is 0.876. The summed E-state index contributed by atoms with van der Waals surface area (Å²) in [4.78, 5) is 11.7. The van der Waals surface area contributed by atoms with Gasteiger partial charge in [-0.05, 0) is 48.9 Å². The average Bonchev–Trinajstić information content (AvgIpc) is 3.26. The van der Waals surface area contributed by atoms with Gasteiger partial charge in [0.1, 0.15) is 12.4 Å². The second-order valence-corrected chi connectivity index (χ2v) is 5.50. The molecule has 1 amide bonds. The molecule has 1 aromatic carbocycles. The van der Waals surface area contributed by atoms with Crippen molar-refractivity contribution in [2.45, 2.75) is 25.8 Å². The van der Waals surface area contributed by atoms with Crippen molar-refractivity contribution in [2.24, 2.45) is 5.92 Å². The SMILES string of the molecule is Cl.O=C(COCC1CC1)Nc1ccc2c(c1F)CCNC2. The lowest BCUT2D eigenvalue weighted by atomic mass is 9.99. The lowest BCUT2D eigenvalue weighted by Gasteiger charge is -2.19. The molecule has 0 atom stereocenters. The lowest BCUT2D eigenvalue weighted by Crippen LogP contribution is -2.26. The van der Waals surface area contributed by atoms with Crippen LogP contribution in [0.4, 0.5) is 10.1 Å². The third kappa shape index (κ3) is 4.15. The predicted molar refractivity (Wildman–Crippen MR) is 81.2 cm³/mol. The Morgan fingerprint density at radius 3 is 3.00 bits per heavy atom. The molecule has 1 aliphatic carbocycles. The summed E-state index contributed by atoms with van der Waals surface area (Å²) in [6, 6.07) is 3.49. The Morgan fingerprint density at radius 1 is 1.43 bits per heavy atom. The van der Waals surface area contributed by atoms with E-state index in [2.05, 4.69) is 10.6 Å². The van der Waals surface area contributed by atoms with E-state index in [1.165, 1.54) is 12.8 Å². The van der Waals surface area contributed by atoms with Crippen molar-refractivity contribution in [1.29, 1.82) is 0 Å². The summed E-state index contributed by atoms with van der Waals surface area (Å²) in [5.41, 5.74) is 1.93. The first-order valence-electron chi connectivity index (χ1n) is 7.12. The molecule has 1 aliphatic heterocycles. The van der Waals surface area contributed by atoms with E-state index in [0.29, 0.717) is 31.1 Å². The fraction of sp³-hybridized carbons (Fsp3) is 0.533. The van der Waals surface area contributed by atoms with Crippen LogP contribution >= 0.6 is 12.4 Å². The van der Waals surface area contributed by atoms with Gasteiger partial charge in [-0.2, -0.15) is 0 Å². The molecule has 6 heteroatoms. The molecule has 2 aliphatic rings. The van der Waals surface area contributed by atoms with Gasteiger partial charge in [0.15, 0.2) is 0 Å². The first kappa shape index (κ1) is 16.2.